The van der Waals surface area contributed by atoms with Crippen molar-refractivity contribution >= 4 is 17.2 Å². The number of thiazole rings is 1. The highest BCUT2D eigenvalue weighted by molar-refractivity contribution is 7.09. The minimum absolute atomic E-state index is 0.117. The molecular formula is C16H22N4OS. The van der Waals surface area contributed by atoms with Crippen molar-refractivity contribution in [3.63, 3.8) is 0 Å². The second-order valence-electron chi connectivity index (χ2n) is 6.23. The molecule has 2 rings (SSSR count). The molecule has 0 aliphatic carbocycles. The molecule has 0 spiro atoms. The molecule has 118 valence electrons. The summed E-state index contributed by atoms with van der Waals surface area (Å²) in [6.45, 7) is 6.41. The van der Waals surface area contributed by atoms with Gasteiger partial charge in [-0.2, -0.15) is 0 Å². The van der Waals surface area contributed by atoms with E-state index in [-0.39, 0.29) is 11.3 Å². The molecule has 0 aromatic carbocycles. The molecule has 0 saturated heterocycles. The molecule has 22 heavy (non-hydrogen) atoms. The van der Waals surface area contributed by atoms with Crippen molar-refractivity contribution in [1.82, 2.24) is 15.3 Å². The van der Waals surface area contributed by atoms with Crippen molar-refractivity contribution < 1.29 is 4.79 Å². The Kier molecular flexibility index (Phi) is 5.26. The van der Waals surface area contributed by atoms with Crippen molar-refractivity contribution in [3.05, 3.63) is 34.8 Å². The van der Waals surface area contributed by atoms with Crippen molar-refractivity contribution in [2.45, 2.75) is 33.2 Å². The average molecular weight is 318 g/mol. The molecule has 2 aromatic heterocycles. The second kappa shape index (κ2) is 6.98. The Morgan fingerprint density at radius 2 is 2.14 bits per heavy atom. The fourth-order valence-corrected chi connectivity index (χ4v) is 2.65. The van der Waals surface area contributed by atoms with E-state index in [0.717, 1.165) is 16.4 Å². The van der Waals surface area contributed by atoms with Crippen LogP contribution < -0.4 is 11.1 Å². The van der Waals surface area contributed by atoms with Crippen LogP contribution in [0.4, 0.5) is 0 Å². The zero-order valence-electron chi connectivity index (χ0n) is 13.2. The van der Waals surface area contributed by atoms with Gasteiger partial charge >= 0.3 is 0 Å². The van der Waals surface area contributed by atoms with Crippen LogP contribution >= 0.6 is 11.3 Å². The molecule has 2 aromatic rings. The third-order valence-corrected chi connectivity index (χ3v) is 4.24. The number of nitrogens with two attached hydrogens (primary N) is 1. The molecule has 1 atom stereocenters. The van der Waals surface area contributed by atoms with Crippen LogP contribution in [0.15, 0.2) is 29.8 Å². The van der Waals surface area contributed by atoms with Crippen LogP contribution in [-0.4, -0.2) is 28.5 Å². The maximum atomic E-state index is 11.9. The number of pyridine rings is 1. The summed E-state index contributed by atoms with van der Waals surface area (Å²) in [7, 11) is 0. The number of aromatic nitrogens is 2. The summed E-state index contributed by atoms with van der Waals surface area (Å²) in [4.78, 5) is 20.8. The Morgan fingerprint density at radius 3 is 2.77 bits per heavy atom. The number of amides is 1. The topological polar surface area (TPSA) is 80.9 Å². The first-order valence-electron chi connectivity index (χ1n) is 7.27. The second-order valence-corrected chi connectivity index (χ2v) is 7.17. The molecule has 0 aliphatic rings. The van der Waals surface area contributed by atoms with E-state index in [0.29, 0.717) is 13.0 Å². The molecular weight excluding hydrogens is 296 g/mol. The van der Waals surface area contributed by atoms with Crippen LogP contribution in [0.3, 0.4) is 0 Å². The van der Waals surface area contributed by atoms with Gasteiger partial charge in [0.05, 0.1) is 22.4 Å². The summed E-state index contributed by atoms with van der Waals surface area (Å²) in [5.41, 5.74) is 7.42. The number of nitrogens with one attached hydrogen (secondary N) is 1. The van der Waals surface area contributed by atoms with E-state index >= 15 is 0 Å². The summed E-state index contributed by atoms with van der Waals surface area (Å²) < 4.78 is 0. The zero-order chi connectivity index (χ0) is 16.2. The Hall–Kier alpha value is -1.79. The van der Waals surface area contributed by atoms with Crippen molar-refractivity contribution in [2.24, 2.45) is 11.1 Å². The predicted octanol–water partition coefficient (Wildman–Crippen LogP) is 2.24. The normalized spacial score (nSPS) is 12.9. The van der Waals surface area contributed by atoms with E-state index in [9.17, 15) is 4.79 Å². The smallest absolute Gasteiger partial charge is 0.237 e. The van der Waals surface area contributed by atoms with E-state index < -0.39 is 6.04 Å². The molecule has 1 amide bonds. The number of nitrogens with zero attached hydrogens (tertiary/aromatic N) is 2. The van der Waals surface area contributed by atoms with Crippen LogP contribution in [0.5, 0.6) is 0 Å². The third kappa shape index (κ3) is 4.35. The first-order valence-corrected chi connectivity index (χ1v) is 8.15. The fraction of sp³-hybridized carbons (Fsp3) is 0.438. The largest absolute Gasteiger partial charge is 0.354 e. The Balaban J connectivity index is 1.86. The van der Waals surface area contributed by atoms with Crippen LogP contribution in [0, 0.1) is 5.41 Å². The van der Waals surface area contributed by atoms with Gasteiger partial charge in [-0.15, -0.1) is 11.3 Å². The summed E-state index contributed by atoms with van der Waals surface area (Å²) in [6, 6.07) is 5.25. The number of carbonyl (C=O) groups is 1. The Morgan fingerprint density at radius 1 is 1.36 bits per heavy atom. The monoisotopic (exact) mass is 318 g/mol. The Labute approximate surface area is 135 Å². The molecule has 0 aliphatic heterocycles. The van der Waals surface area contributed by atoms with E-state index in [1.165, 1.54) is 0 Å². The molecule has 2 heterocycles. The maximum absolute atomic E-state index is 11.9. The van der Waals surface area contributed by atoms with E-state index in [4.69, 9.17) is 5.73 Å². The summed E-state index contributed by atoms with van der Waals surface area (Å²) >= 11 is 1.58. The molecule has 0 saturated carbocycles. The van der Waals surface area contributed by atoms with Gasteiger partial charge < -0.3 is 11.1 Å². The van der Waals surface area contributed by atoms with Crippen molar-refractivity contribution in [1.29, 1.82) is 0 Å². The molecule has 0 radical (unpaired) electrons. The molecule has 5 nitrogen and oxygen atoms in total. The highest BCUT2D eigenvalue weighted by Gasteiger charge is 2.26. The van der Waals surface area contributed by atoms with Gasteiger partial charge in [0.2, 0.25) is 5.91 Å². The van der Waals surface area contributed by atoms with E-state index in [2.05, 4.69) is 15.3 Å². The van der Waals surface area contributed by atoms with Gasteiger partial charge in [0.25, 0.3) is 0 Å². The lowest BCUT2D eigenvalue weighted by atomic mass is 9.87. The van der Waals surface area contributed by atoms with Gasteiger partial charge in [-0.3, -0.25) is 9.78 Å². The molecule has 3 N–H and O–H groups in total. The molecule has 0 fully saturated rings. The lowest BCUT2D eigenvalue weighted by Crippen LogP contribution is -2.48. The maximum Gasteiger partial charge on any atom is 0.237 e. The first kappa shape index (κ1) is 16.6. The number of rotatable bonds is 5. The van der Waals surface area contributed by atoms with Crippen molar-refractivity contribution in [2.75, 3.05) is 6.54 Å². The molecule has 6 heteroatoms. The van der Waals surface area contributed by atoms with Crippen LogP contribution in [0.1, 0.15) is 25.8 Å². The highest BCUT2D eigenvalue weighted by atomic mass is 32.1. The van der Waals surface area contributed by atoms with E-state index in [1.807, 2.05) is 44.4 Å². The van der Waals surface area contributed by atoms with E-state index in [1.54, 1.807) is 17.5 Å². The molecule has 0 bridgehead atoms. The van der Waals surface area contributed by atoms with Crippen LogP contribution in [0.25, 0.3) is 11.4 Å². The highest BCUT2D eigenvalue weighted by Crippen LogP contribution is 2.20. The van der Waals surface area contributed by atoms with Crippen molar-refractivity contribution in [3.8, 4) is 11.4 Å². The average Bonchev–Trinajstić information content (AvgIpc) is 2.95. The summed E-state index contributed by atoms with van der Waals surface area (Å²) in [6.07, 6.45) is 2.45. The summed E-state index contributed by atoms with van der Waals surface area (Å²) in [5, 5.41) is 5.84. The number of carbonyl (C=O) groups excluding carboxylic acids is 1. The lowest BCUT2D eigenvalue weighted by Gasteiger charge is -2.25. The van der Waals surface area contributed by atoms with Gasteiger partial charge in [-0.05, 0) is 17.5 Å². The fourth-order valence-electron chi connectivity index (χ4n) is 1.85. The predicted molar refractivity (Wildman–Crippen MR) is 89.5 cm³/mol. The van der Waals surface area contributed by atoms with Gasteiger partial charge in [-0.1, -0.05) is 26.8 Å². The van der Waals surface area contributed by atoms with Gasteiger partial charge in [-0.25, -0.2) is 4.98 Å². The SMILES string of the molecule is CC(C)(C)[C@H](N)C(=O)NCCc1nc(-c2ccccn2)cs1. The summed E-state index contributed by atoms with van der Waals surface area (Å²) in [5.74, 6) is -0.117. The van der Waals surface area contributed by atoms with Gasteiger partial charge in [0.15, 0.2) is 0 Å². The Bertz CT molecular complexity index is 619. The number of hydrogen-bond acceptors (Lipinski definition) is 5. The quantitative estimate of drug-likeness (QED) is 0.886. The van der Waals surface area contributed by atoms with Crippen LogP contribution in [-0.2, 0) is 11.2 Å². The zero-order valence-corrected chi connectivity index (χ0v) is 14.0. The van der Waals surface area contributed by atoms with Gasteiger partial charge in [0, 0.05) is 24.5 Å². The van der Waals surface area contributed by atoms with Gasteiger partial charge in [0.1, 0.15) is 0 Å². The lowest BCUT2D eigenvalue weighted by molar-refractivity contribution is -0.124. The molecule has 0 unspecified atom stereocenters. The minimum atomic E-state index is -0.507. The first-order chi connectivity index (χ1) is 10.4. The van der Waals surface area contributed by atoms with Crippen LogP contribution in [0.2, 0.25) is 0 Å². The standard InChI is InChI=1S/C16H22N4OS/c1-16(2,3)14(17)15(21)19-9-7-13-20-12(10-22-13)11-6-4-5-8-18-11/h4-6,8,10,14H,7,9,17H2,1-3H3,(H,19,21)/t14-/m1/s1. The minimum Gasteiger partial charge on any atom is -0.354 e. The number of hydrogen-bond donors (Lipinski definition) is 2. The third-order valence-electron chi connectivity index (χ3n) is 3.33.